The molecule has 0 aliphatic carbocycles. The zero-order valence-corrected chi connectivity index (χ0v) is 13.6. The van der Waals surface area contributed by atoms with E-state index in [1.165, 1.54) is 0 Å². The number of rotatable bonds is 3. The molecule has 3 rings (SSSR count). The Balaban J connectivity index is 1.64. The molecule has 120 valence electrons. The van der Waals surface area contributed by atoms with Crippen molar-refractivity contribution in [3.05, 3.63) is 54.0 Å². The molecule has 0 bridgehead atoms. The van der Waals surface area contributed by atoms with E-state index in [0.717, 1.165) is 37.4 Å². The normalized spacial score (nSPS) is 15.5. The molecule has 0 N–H and O–H groups in total. The van der Waals surface area contributed by atoms with Gasteiger partial charge >= 0.3 is 0 Å². The van der Waals surface area contributed by atoms with Crippen LogP contribution in [0, 0.1) is 0 Å². The van der Waals surface area contributed by atoms with Gasteiger partial charge in [-0.25, -0.2) is 4.98 Å². The molecule has 23 heavy (non-hydrogen) atoms. The van der Waals surface area contributed by atoms with Crippen LogP contribution in [0.2, 0.25) is 0 Å². The monoisotopic (exact) mass is 310 g/mol. The van der Waals surface area contributed by atoms with E-state index in [0.29, 0.717) is 11.5 Å². The summed E-state index contributed by atoms with van der Waals surface area (Å²) >= 11 is 0. The fourth-order valence-electron chi connectivity index (χ4n) is 2.97. The predicted octanol–water partition coefficient (Wildman–Crippen LogP) is 2.56. The van der Waals surface area contributed by atoms with Gasteiger partial charge in [0.1, 0.15) is 5.82 Å². The highest BCUT2D eigenvalue weighted by Crippen LogP contribution is 2.28. The first-order valence-electron chi connectivity index (χ1n) is 7.99. The third-order valence-electron chi connectivity index (χ3n) is 4.32. The summed E-state index contributed by atoms with van der Waals surface area (Å²) in [6.45, 7) is 1.54. The Hall–Kier alpha value is -2.43. The van der Waals surface area contributed by atoms with Crippen LogP contribution in [0.5, 0.6) is 0 Å². The van der Waals surface area contributed by atoms with E-state index in [9.17, 15) is 4.79 Å². The highest BCUT2D eigenvalue weighted by Gasteiger charge is 2.25. The number of piperidine rings is 1. The van der Waals surface area contributed by atoms with Gasteiger partial charge in [0.2, 0.25) is 0 Å². The second kappa shape index (κ2) is 6.77. The minimum absolute atomic E-state index is 0.0755. The van der Waals surface area contributed by atoms with Crippen molar-refractivity contribution in [2.75, 3.05) is 32.1 Å². The van der Waals surface area contributed by atoms with E-state index in [1.54, 1.807) is 18.5 Å². The molecule has 0 spiro atoms. The molecule has 1 fully saturated rings. The van der Waals surface area contributed by atoms with Gasteiger partial charge in [0.05, 0.1) is 5.56 Å². The maximum absolute atomic E-state index is 12.4. The number of hydrogen-bond donors (Lipinski definition) is 0. The summed E-state index contributed by atoms with van der Waals surface area (Å²) in [7, 11) is 4.00. The van der Waals surface area contributed by atoms with Crippen molar-refractivity contribution in [2.45, 2.75) is 18.8 Å². The van der Waals surface area contributed by atoms with Crippen molar-refractivity contribution in [1.82, 2.24) is 14.9 Å². The fraction of sp³-hybridized carbons (Fsp3) is 0.389. The van der Waals surface area contributed by atoms with Gasteiger partial charge in [-0.05, 0) is 37.1 Å². The second-order valence-electron chi connectivity index (χ2n) is 6.12. The summed E-state index contributed by atoms with van der Waals surface area (Å²) < 4.78 is 0. The van der Waals surface area contributed by atoms with Gasteiger partial charge < -0.3 is 9.80 Å². The molecule has 2 aromatic rings. The standard InChI is InChI=1S/C18H22N4O/c1-21(2)17-7-3-6-16(20-17)14-8-11-22(12-9-14)18(23)15-5-4-10-19-13-15/h3-7,10,13-14H,8-9,11-12H2,1-2H3. The van der Waals surface area contributed by atoms with Gasteiger partial charge in [0.25, 0.3) is 5.91 Å². The summed E-state index contributed by atoms with van der Waals surface area (Å²) in [5, 5.41) is 0. The number of likely N-dealkylation sites (tertiary alicyclic amines) is 1. The molecule has 5 heteroatoms. The molecule has 1 aliphatic rings. The van der Waals surface area contributed by atoms with E-state index < -0.39 is 0 Å². The third kappa shape index (κ3) is 3.50. The van der Waals surface area contributed by atoms with Gasteiger partial charge in [-0.15, -0.1) is 0 Å². The van der Waals surface area contributed by atoms with Crippen LogP contribution in [0.4, 0.5) is 5.82 Å². The molecule has 1 aliphatic heterocycles. The van der Waals surface area contributed by atoms with E-state index in [4.69, 9.17) is 4.98 Å². The fourth-order valence-corrected chi connectivity index (χ4v) is 2.97. The van der Waals surface area contributed by atoms with Gasteiger partial charge in [0.15, 0.2) is 0 Å². The van der Waals surface area contributed by atoms with Crippen LogP contribution < -0.4 is 4.90 Å². The molecule has 0 radical (unpaired) electrons. The average Bonchev–Trinajstić information content (AvgIpc) is 2.62. The average molecular weight is 310 g/mol. The smallest absolute Gasteiger partial charge is 0.255 e. The largest absolute Gasteiger partial charge is 0.363 e. The molecule has 0 saturated carbocycles. The Labute approximate surface area is 137 Å². The summed E-state index contributed by atoms with van der Waals surface area (Å²) in [4.78, 5) is 25.2. The topological polar surface area (TPSA) is 49.3 Å². The summed E-state index contributed by atoms with van der Waals surface area (Å²) in [5.41, 5.74) is 1.79. The maximum Gasteiger partial charge on any atom is 0.255 e. The number of hydrogen-bond acceptors (Lipinski definition) is 4. The quantitative estimate of drug-likeness (QED) is 0.874. The van der Waals surface area contributed by atoms with Gasteiger partial charge in [-0.1, -0.05) is 6.07 Å². The Morgan fingerprint density at radius 3 is 2.61 bits per heavy atom. The van der Waals surface area contributed by atoms with Crippen molar-refractivity contribution in [3.63, 3.8) is 0 Å². The van der Waals surface area contributed by atoms with Crippen molar-refractivity contribution in [3.8, 4) is 0 Å². The predicted molar refractivity (Wildman–Crippen MR) is 90.7 cm³/mol. The molecule has 5 nitrogen and oxygen atoms in total. The zero-order chi connectivity index (χ0) is 16.2. The molecule has 1 saturated heterocycles. The summed E-state index contributed by atoms with van der Waals surface area (Å²) in [6.07, 6.45) is 5.23. The molecule has 3 heterocycles. The van der Waals surface area contributed by atoms with E-state index in [-0.39, 0.29) is 5.91 Å². The van der Waals surface area contributed by atoms with Crippen LogP contribution in [-0.4, -0.2) is 48.0 Å². The van der Waals surface area contributed by atoms with Crippen LogP contribution in [0.25, 0.3) is 0 Å². The van der Waals surface area contributed by atoms with Gasteiger partial charge in [0, 0.05) is 51.2 Å². The molecule has 0 atom stereocenters. The number of pyridine rings is 2. The summed E-state index contributed by atoms with van der Waals surface area (Å²) in [5.74, 6) is 1.48. The van der Waals surface area contributed by atoms with E-state index >= 15 is 0 Å². The Bertz CT molecular complexity index is 664. The zero-order valence-electron chi connectivity index (χ0n) is 13.6. The Morgan fingerprint density at radius 2 is 1.96 bits per heavy atom. The molecular weight excluding hydrogens is 288 g/mol. The van der Waals surface area contributed by atoms with Crippen molar-refractivity contribution in [1.29, 1.82) is 0 Å². The minimum Gasteiger partial charge on any atom is -0.363 e. The van der Waals surface area contributed by atoms with Gasteiger partial charge in [-0.2, -0.15) is 0 Å². The van der Waals surface area contributed by atoms with E-state index in [2.05, 4.69) is 17.1 Å². The first kappa shape index (κ1) is 15.5. The van der Waals surface area contributed by atoms with E-state index in [1.807, 2.05) is 36.0 Å². The SMILES string of the molecule is CN(C)c1cccc(C2CCN(C(=O)c3cccnc3)CC2)n1. The lowest BCUT2D eigenvalue weighted by Gasteiger charge is -2.32. The molecule has 0 unspecified atom stereocenters. The van der Waals surface area contributed by atoms with Crippen molar-refractivity contribution in [2.24, 2.45) is 0 Å². The number of nitrogens with zero attached hydrogens (tertiary/aromatic N) is 4. The highest BCUT2D eigenvalue weighted by atomic mass is 16.2. The number of amides is 1. The van der Waals surface area contributed by atoms with Crippen LogP contribution >= 0.6 is 0 Å². The molecule has 0 aromatic carbocycles. The molecule has 1 amide bonds. The van der Waals surface area contributed by atoms with Crippen LogP contribution in [-0.2, 0) is 0 Å². The summed E-state index contributed by atoms with van der Waals surface area (Å²) in [6, 6.07) is 9.80. The first-order valence-corrected chi connectivity index (χ1v) is 7.99. The van der Waals surface area contributed by atoms with Crippen LogP contribution in [0.1, 0.15) is 34.8 Å². The number of carbonyl (C=O) groups is 1. The number of carbonyl (C=O) groups excluding carboxylic acids is 1. The minimum atomic E-state index is 0.0755. The number of anilines is 1. The molecular formula is C18H22N4O. The lowest BCUT2D eigenvalue weighted by molar-refractivity contribution is 0.0711. The lowest BCUT2D eigenvalue weighted by atomic mass is 9.92. The number of aromatic nitrogens is 2. The Kier molecular flexibility index (Phi) is 4.55. The Morgan fingerprint density at radius 1 is 1.17 bits per heavy atom. The first-order chi connectivity index (χ1) is 11.1. The highest BCUT2D eigenvalue weighted by molar-refractivity contribution is 5.93. The maximum atomic E-state index is 12.4. The van der Waals surface area contributed by atoms with Crippen LogP contribution in [0.15, 0.2) is 42.7 Å². The van der Waals surface area contributed by atoms with Crippen molar-refractivity contribution >= 4 is 11.7 Å². The van der Waals surface area contributed by atoms with Gasteiger partial charge in [-0.3, -0.25) is 9.78 Å². The van der Waals surface area contributed by atoms with Crippen LogP contribution in [0.3, 0.4) is 0 Å². The molecule has 2 aromatic heterocycles. The lowest BCUT2D eigenvalue weighted by Crippen LogP contribution is -2.38. The van der Waals surface area contributed by atoms with Crippen molar-refractivity contribution < 1.29 is 4.79 Å². The second-order valence-corrected chi connectivity index (χ2v) is 6.12. The third-order valence-corrected chi connectivity index (χ3v) is 4.32.